The van der Waals surface area contributed by atoms with Gasteiger partial charge in [-0.15, -0.1) is 0 Å². The van der Waals surface area contributed by atoms with Crippen LogP contribution in [0.2, 0.25) is 0 Å². The van der Waals surface area contributed by atoms with Crippen LogP contribution in [0.4, 0.5) is 13.2 Å². The van der Waals surface area contributed by atoms with Crippen molar-refractivity contribution in [3.05, 3.63) is 35.4 Å². The van der Waals surface area contributed by atoms with Crippen molar-refractivity contribution < 1.29 is 27.3 Å². The molecular weight excluding hydrogens is 293 g/mol. The summed E-state index contributed by atoms with van der Waals surface area (Å²) >= 11 is 0. The van der Waals surface area contributed by atoms with Gasteiger partial charge < -0.3 is 5.11 Å². The van der Waals surface area contributed by atoms with E-state index in [1.165, 1.54) is 12.1 Å². The van der Waals surface area contributed by atoms with Crippen LogP contribution in [-0.2, 0) is 27.5 Å². The molecule has 0 spiro atoms. The Balaban J connectivity index is 2.93. The maximum absolute atomic E-state index is 12.6. The van der Waals surface area contributed by atoms with Crippen molar-refractivity contribution >= 4 is 16.8 Å². The fourth-order valence-electron chi connectivity index (χ4n) is 1.79. The predicted molar refractivity (Wildman–Crippen MR) is 69.6 cm³/mol. The normalized spacial score (nSPS) is 15.1. The van der Waals surface area contributed by atoms with E-state index < -0.39 is 33.8 Å². The van der Waals surface area contributed by atoms with Crippen LogP contribution in [0, 0.1) is 5.92 Å². The van der Waals surface area contributed by atoms with Gasteiger partial charge in [-0.2, -0.15) is 13.2 Å². The van der Waals surface area contributed by atoms with Gasteiger partial charge in [-0.05, 0) is 17.5 Å². The molecule has 112 valence electrons. The van der Waals surface area contributed by atoms with Gasteiger partial charge in [0.15, 0.2) is 0 Å². The minimum Gasteiger partial charge on any atom is -0.480 e. The highest BCUT2D eigenvalue weighted by Gasteiger charge is 2.31. The number of carboxylic acid groups (broad SMARTS) is 1. The zero-order valence-corrected chi connectivity index (χ0v) is 11.8. The van der Waals surface area contributed by atoms with E-state index in [-0.39, 0.29) is 17.2 Å². The molecule has 0 bridgehead atoms. The number of hydrogen-bond acceptors (Lipinski definition) is 2. The lowest BCUT2D eigenvalue weighted by Crippen LogP contribution is -2.31. The number of halogens is 3. The summed E-state index contributed by atoms with van der Waals surface area (Å²) in [5.41, 5.74) is -0.617. The van der Waals surface area contributed by atoms with Crippen LogP contribution in [0.5, 0.6) is 0 Å². The molecule has 2 atom stereocenters. The second-order valence-corrected chi connectivity index (χ2v) is 6.28. The molecule has 0 aliphatic heterocycles. The van der Waals surface area contributed by atoms with Gasteiger partial charge in [0.25, 0.3) is 0 Å². The topological polar surface area (TPSA) is 54.4 Å². The van der Waals surface area contributed by atoms with Gasteiger partial charge in [-0.1, -0.05) is 32.0 Å². The van der Waals surface area contributed by atoms with Gasteiger partial charge >= 0.3 is 12.1 Å². The maximum atomic E-state index is 12.6. The number of alkyl halides is 3. The Labute approximate surface area is 117 Å². The fraction of sp³-hybridized carbons (Fsp3) is 0.462. The molecule has 0 radical (unpaired) electrons. The van der Waals surface area contributed by atoms with Gasteiger partial charge in [-0.3, -0.25) is 9.00 Å². The second-order valence-electron chi connectivity index (χ2n) is 4.73. The van der Waals surface area contributed by atoms with E-state index in [0.717, 1.165) is 12.1 Å². The summed E-state index contributed by atoms with van der Waals surface area (Å²) in [6, 6.07) is 4.45. The lowest BCUT2D eigenvalue weighted by atomic mass is 10.1. The van der Waals surface area contributed by atoms with E-state index in [4.69, 9.17) is 5.11 Å². The van der Waals surface area contributed by atoms with E-state index in [9.17, 15) is 22.2 Å². The molecule has 1 aromatic carbocycles. The van der Waals surface area contributed by atoms with E-state index in [0.29, 0.717) is 0 Å². The Morgan fingerprint density at radius 1 is 1.35 bits per heavy atom. The molecule has 0 aromatic heterocycles. The summed E-state index contributed by atoms with van der Waals surface area (Å²) in [7, 11) is -1.77. The molecule has 2 unspecified atom stereocenters. The highest BCUT2D eigenvalue weighted by atomic mass is 32.2. The number of rotatable bonds is 5. The summed E-state index contributed by atoms with van der Waals surface area (Å²) in [5, 5.41) is 7.91. The van der Waals surface area contributed by atoms with E-state index in [1.807, 2.05) is 0 Å². The fourth-order valence-corrected chi connectivity index (χ4v) is 3.31. The third kappa shape index (κ3) is 4.33. The molecule has 0 saturated carbocycles. The third-order valence-electron chi connectivity index (χ3n) is 2.70. The summed E-state index contributed by atoms with van der Waals surface area (Å²) in [6.07, 6.45) is -4.47. The predicted octanol–water partition coefficient (Wildman–Crippen LogP) is 3.06. The molecule has 0 heterocycles. The van der Waals surface area contributed by atoms with Crippen LogP contribution >= 0.6 is 0 Å². The minimum absolute atomic E-state index is 0.209. The molecule has 1 aromatic rings. The molecule has 0 fully saturated rings. The highest BCUT2D eigenvalue weighted by molar-refractivity contribution is 7.85. The van der Waals surface area contributed by atoms with Crippen molar-refractivity contribution in [2.45, 2.75) is 31.0 Å². The van der Waals surface area contributed by atoms with Gasteiger partial charge in [-0.25, -0.2) is 0 Å². The molecular formula is C13H15F3O3S. The molecule has 0 saturated heterocycles. The minimum atomic E-state index is -4.47. The van der Waals surface area contributed by atoms with Crippen molar-refractivity contribution in [1.29, 1.82) is 0 Å². The smallest absolute Gasteiger partial charge is 0.416 e. The molecule has 1 N–H and O–H groups in total. The van der Waals surface area contributed by atoms with Crippen molar-refractivity contribution in [2.24, 2.45) is 5.92 Å². The lowest BCUT2D eigenvalue weighted by Gasteiger charge is -2.16. The van der Waals surface area contributed by atoms with Crippen LogP contribution in [0.15, 0.2) is 24.3 Å². The van der Waals surface area contributed by atoms with Crippen molar-refractivity contribution in [3.8, 4) is 0 Å². The maximum Gasteiger partial charge on any atom is 0.416 e. The number of carbonyl (C=O) groups is 1. The van der Waals surface area contributed by atoms with Gasteiger partial charge in [0.05, 0.1) is 5.56 Å². The Morgan fingerprint density at radius 3 is 2.40 bits per heavy atom. The third-order valence-corrected chi connectivity index (χ3v) is 4.63. The lowest BCUT2D eigenvalue weighted by molar-refractivity contribution is -0.138. The van der Waals surface area contributed by atoms with Crippen LogP contribution in [0.1, 0.15) is 25.0 Å². The number of hydrogen-bond donors (Lipinski definition) is 1. The van der Waals surface area contributed by atoms with Gasteiger partial charge in [0, 0.05) is 16.6 Å². The number of carboxylic acids is 1. The van der Waals surface area contributed by atoms with Crippen LogP contribution in [0.25, 0.3) is 0 Å². The Morgan fingerprint density at radius 2 is 1.95 bits per heavy atom. The zero-order valence-electron chi connectivity index (χ0n) is 11.0. The summed E-state index contributed by atoms with van der Waals surface area (Å²) in [5.74, 6) is -1.77. The average molecular weight is 308 g/mol. The monoisotopic (exact) mass is 308 g/mol. The largest absolute Gasteiger partial charge is 0.480 e. The highest BCUT2D eigenvalue weighted by Crippen LogP contribution is 2.30. The van der Waals surface area contributed by atoms with E-state index >= 15 is 0 Å². The Kier molecular flexibility index (Phi) is 5.33. The molecule has 3 nitrogen and oxygen atoms in total. The first-order valence-electron chi connectivity index (χ1n) is 5.89. The van der Waals surface area contributed by atoms with Crippen molar-refractivity contribution in [1.82, 2.24) is 0 Å². The zero-order chi connectivity index (χ0) is 15.5. The molecule has 7 heteroatoms. The quantitative estimate of drug-likeness (QED) is 0.909. The van der Waals surface area contributed by atoms with Crippen LogP contribution in [0.3, 0.4) is 0 Å². The average Bonchev–Trinajstić information content (AvgIpc) is 2.26. The summed E-state index contributed by atoms with van der Waals surface area (Å²) in [4.78, 5) is 11.0. The first-order valence-corrected chi connectivity index (χ1v) is 7.27. The van der Waals surface area contributed by atoms with Crippen LogP contribution in [-0.4, -0.2) is 20.5 Å². The summed E-state index contributed by atoms with van der Waals surface area (Å²) < 4.78 is 49.7. The van der Waals surface area contributed by atoms with Crippen molar-refractivity contribution in [2.75, 3.05) is 0 Å². The molecule has 0 amide bonds. The van der Waals surface area contributed by atoms with E-state index in [2.05, 4.69) is 0 Å². The molecule has 20 heavy (non-hydrogen) atoms. The summed E-state index contributed by atoms with van der Waals surface area (Å²) in [6.45, 7) is 3.23. The molecule has 0 aliphatic carbocycles. The van der Waals surface area contributed by atoms with Crippen LogP contribution < -0.4 is 0 Å². The first-order chi connectivity index (χ1) is 9.12. The Bertz CT molecular complexity index is 512. The van der Waals surface area contributed by atoms with Gasteiger partial charge in [0.1, 0.15) is 5.25 Å². The van der Waals surface area contributed by atoms with E-state index in [1.54, 1.807) is 13.8 Å². The Hall–Kier alpha value is -1.37. The SMILES string of the molecule is CC(C)C(C(=O)O)S(=O)Cc1cccc(C(F)(F)F)c1. The number of aliphatic carboxylic acids is 1. The van der Waals surface area contributed by atoms with Crippen molar-refractivity contribution in [3.63, 3.8) is 0 Å². The standard InChI is InChI=1S/C13H15F3O3S/c1-8(2)11(12(17)18)20(19)7-9-4-3-5-10(6-9)13(14,15)16/h3-6,8,11H,7H2,1-2H3,(H,17,18). The first kappa shape index (κ1) is 16.7. The number of benzene rings is 1. The second kappa shape index (κ2) is 6.39. The van der Waals surface area contributed by atoms with Gasteiger partial charge in [0.2, 0.25) is 0 Å². The molecule has 1 rings (SSSR count). The molecule has 0 aliphatic rings.